The third kappa shape index (κ3) is 3.27. The minimum Gasteiger partial charge on any atom is -0.308 e. The maximum absolute atomic E-state index is 5.66. The van der Waals surface area contributed by atoms with Gasteiger partial charge in [-0.05, 0) is 25.2 Å². The highest BCUT2D eigenvalue weighted by Crippen LogP contribution is 2.23. The third-order valence-electron chi connectivity index (χ3n) is 3.39. The highest BCUT2D eigenvalue weighted by atomic mass is 32.2. The van der Waals surface area contributed by atoms with Gasteiger partial charge in [-0.3, -0.25) is 4.99 Å². The number of amidine groups is 1. The van der Waals surface area contributed by atoms with E-state index in [-0.39, 0.29) is 0 Å². The number of thioether (sulfide) groups is 1. The molecular formula is C14H21N3S. The van der Waals surface area contributed by atoms with Gasteiger partial charge in [-0.15, -0.1) is 11.8 Å². The number of rotatable bonds is 3. The number of hydrazine groups is 1. The number of hydrogen-bond acceptors (Lipinski definition) is 3. The summed E-state index contributed by atoms with van der Waals surface area (Å²) < 4.78 is 0. The predicted molar refractivity (Wildman–Crippen MR) is 79.0 cm³/mol. The maximum Gasteiger partial charge on any atom is 0.143 e. The topological polar surface area (TPSA) is 50.4 Å². The van der Waals surface area contributed by atoms with Crippen molar-refractivity contribution in [1.29, 1.82) is 0 Å². The minimum absolute atomic E-state index is 0.430. The third-order valence-corrected chi connectivity index (χ3v) is 4.18. The standard InChI is InChI=1S/C14H21N3S/c1-18-13-10-6-5-9-12(13)14(17-15)16-11-7-3-2-4-8-11/h5-6,9-11H,2-4,7-8,15H2,1H3,(H,16,17). The Balaban J connectivity index is 2.23. The van der Waals surface area contributed by atoms with Crippen LogP contribution >= 0.6 is 11.8 Å². The van der Waals surface area contributed by atoms with Gasteiger partial charge in [0.2, 0.25) is 0 Å². The zero-order valence-corrected chi connectivity index (χ0v) is 11.7. The smallest absolute Gasteiger partial charge is 0.143 e. The molecule has 0 amide bonds. The molecule has 0 heterocycles. The molecule has 1 aliphatic carbocycles. The summed E-state index contributed by atoms with van der Waals surface area (Å²) in [5.74, 6) is 6.48. The van der Waals surface area contributed by atoms with Crippen molar-refractivity contribution >= 4 is 17.6 Å². The fourth-order valence-electron chi connectivity index (χ4n) is 2.42. The van der Waals surface area contributed by atoms with Gasteiger partial charge in [0.15, 0.2) is 0 Å². The van der Waals surface area contributed by atoms with Crippen LogP contribution in [0, 0.1) is 0 Å². The van der Waals surface area contributed by atoms with E-state index in [4.69, 9.17) is 10.8 Å². The molecule has 3 N–H and O–H groups in total. The van der Waals surface area contributed by atoms with Crippen molar-refractivity contribution in [2.45, 2.75) is 43.0 Å². The van der Waals surface area contributed by atoms with Crippen LogP contribution in [-0.4, -0.2) is 18.1 Å². The molecule has 1 aromatic rings. The zero-order valence-electron chi connectivity index (χ0n) is 10.9. The number of nitrogens with two attached hydrogens (primary N) is 1. The first-order valence-corrected chi connectivity index (χ1v) is 7.75. The molecule has 0 aromatic heterocycles. The van der Waals surface area contributed by atoms with Crippen molar-refractivity contribution < 1.29 is 0 Å². The average molecular weight is 263 g/mol. The monoisotopic (exact) mass is 263 g/mol. The number of nitrogens with one attached hydrogen (secondary N) is 1. The lowest BCUT2D eigenvalue weighted by Crippen LogP contribution is -2.33. The first-order valence-electron chi connectivity index (χ1n) is 6.53. The number of nitrogens with zero attached hydrogens (tertiary/aromatic N) is 1. The Morgan fingerprint density at radius 1 is 1.28 bits per heavy atom. The molecule has 0 unspecified atom stereocenters. The molecule has 1 fully saturated rings. The van der Waals surface area contributed by atoms with E-state index in [1.807, 2.05) is 12.1 Å². The summed E-state index contributed by atoms with van der Waals surface area (Å²) in [6, 6.07) is 8.69. The molecule has 0 spiro atoms. The summed E-state index contributed by atoms with van der Waals surface area (Å²) in [4.78, 5) is 6.01. The van der Waals surface area contributed by atoms with Crippen LogP contribution in [0.3, 0.4) is 0 Å². The molecule has 1 saturated carbocycles. The molecule has 98 valence electrons. The van der Waals surface area contributed by atoms with E-state index < -0.39 is 0 Å². The van der Waals surface area contributed by atoms with Gasteiger partial charge in [-0.1, -0.05) is 37.5 Å². The van der Waals surface area contributed by atoms with E-state index in [9.17, 15) is 0 Å². The van der Waals surface area contributed by atoms with Crippen molar-refractivity contribution in [3.8, 4) is 0 Å². The second-order valence-electron chi connectivity index (χ2n) is 4.61. The minimum atomic E-state index is 0.430. The van der Waals surface area contributed by atoms with E-state index in [2.05, 4.69) is 23.8 Å². The molecule has 0 saturated heterocycles. The highest BCUT2D eigenvalue weighted by Gasteiger charge is 2.14. The van der Waals surface area contributed by atoms with E-state index >= 15 is 0 Å². The lowest BCUT2D eigenvalue weighted by Gasteiger charge is -2.19. The Labute approximate surface area is 113 Å². The van der Waals surface area contributed by atoms with Gasteiger partial charge >= 0.3 is 0 Å². The lowest BCUT2D eigenvalue weighted by molar-refractivity contribution is 0.442. The van der Waals surface area contributed by atoms with Gasteiger partial charge < -0.3 is 5.43 Å². The van der Waals surface area contributed by atoms with Crippen LogP contribution in [0.5, 0.6) is 0 Å². The SMILES string of the molecule is CSc1ccccc1C(=NC1CCCCC1)NN. The molecule has 2 rings (SSSR count). The number of hydrogen-bond donors (Lipinski definition) is 2. The van der Waals surface area contributed by atoms with Crippen molar-refractivity contribution in [2.75, 3.05) is 6.26 Å². The van der Waals surface area contributed by atoms with Crippen LogP contribution in [0.2, 0.25) is 0 Å². The summed E-state index contributed by atoms with van der Waals surface area (Å²) in [5, 5.41) is 0. The summed E-state index contributed by atoms with van der Waals surface area (Å²) in [6.07, 6.45) is 8.37. The Bertz CT molecular complexity index is 411. The van der Waals surface area contributed by atoms with Gasteiger partial charge in [-0.25, -0.2) is 5.84 Å². The normalized spacial score (nSPS) is 17.8. The molecule has 1 aliphatic rings. The Morgan fingerprint density at radius 3 is 2.67 bits per heavy atom. The Morgan fingerprint density at radius 2 is 2.00 bits per heavy atom. The number of benzene rings is 1. The van der Waals surface area contributed by atoms with Gasteiger partial charge in [0.05, 0.1) is 6.04 Å². The zero-order chi connectivity index (χ0) is 12.8. The highest BCUT2D eigenvalue weighted by molar-refractivity contribution is 7.98. The van der Waals surface area contributed by atoms with Crippen LogP contribution in [0.25, 0.3) is 0 Å². The fraction of sp³-hybridized carbons (Fsp3) is 0.500. The number of aliphatic imine (C=N–C) groups is 1. The van der Waals surface area contributed by atoms with Gasteiger partial charge in [0, 0.05) is 10.5 Å². The second-order valence-corrected chi connectivity index (χ2v) is 5.46. The summed E-state index contributed by atoms with van der Waals surface area (Å²) >= 11 is 1.72. The van der Waals surface area contributed by atoms with Crippen molar-refractivity contribution in [2.24, 2.45) is 10.8 Å². The van der Waals surface area contributed by atoms with Crippen LogP contribution in [-0.2, 0) is 0 Å². The summed E-state index contributed by atoms with van der Waals surface area (Å²) in [6.45, 7) is 0. The Hall–Kier alpha value is -1.00. The molecule has 0 radical (unpaired) electrons. The molecular weight excluding hydrogens is 242 g/mol. The molecule has 0 bridgehead atoms. The summed E-state index contributed by atoms with van der Waals surface area (Å²) in [7, 11) is 0. The first kappa shape index (κ1) is 13.4. The van der Waals surface area contributed by atoms with Crippen LogP contribution in [0.15, 0.2) is 34.2 Å². The molecule has 4 heteroatoms. The molecule has 3 nitrogen and oxygen atoms in total. The molecule has 0 atom stereocenters. The van der Waals surface area contributed by atoms with E-state index in [1.54, 1.807) is 11.8 Å². The van der Waals surface area contributed by atoms with Crippen LogP contribution in [0.4, 0.5) is 0 Å². The van der Waals surface area contributed by atoms with Crippen molar-refractivity contribution in [3.63, 3.8) is 0 Å². The van der Waals surface area contributed by atoms with E-state index in [1.165, 1.54) is 37.0 Å². The first-order chi connectivity index (χ1) is 8.85. The van der Waals surface area contributed by atoms with Crippen LogP contribution < -0.4 is 11.3 Å². The Kier molecular flexibility index (Phi) is 5.08. The predicted octanol–water partition coefficient (Wildman–Crippen LogP) is 2.95. The van der Waals surface area contributed by atoms with Gasteiger partial charge in [-0.2, -0.15) is 0 Å². The second kappa shape index (κ2) is 6.81. The average Bonchev–Trinajstić information content (AvgIpc) is 2.46. The maximum atomic E-state index is 5.66. The fourth-order valence-corrected chi connectivity index (χ4v) is 3.02. The lowest BCUT2D eigenvalue weighted by atomic mass is 9.96. The largest absolute Gasteiger partial charge is 0.308 e. The molecule has 18 heavy (non-hydrogen) atoms. The van der Waals surface area contributed by atoms with Crippen LogP contribution in [0.1, 0.15) is 37.7 Å². The summed E-state index contributed by atoms with van der Waals surface area (Å²) in [5.41, 5.74) is 3.89. The van der Waals surface area contributed by atoms with E-state index in [0.29, 0.717) is 6.04 Å². The van der Waals surface area contributed by atoms with Crippen molar-refractivity contribution in [3.05, 3.63) is 29.8 Å². The van der Waals surface area contributed by atoms with E-state index in [0.717, 1.165) is 11.4 Å². The van der Waals surface area contributed by atoms with Gasteiger partial charge in [0.25, 0.3) is 0 Å². The van der Waals surface area contributed by atoms with Gasteiger partial charge in [0.1, 0.15) is 5.84 Å². The molecule has 1 aromatic carbocycles. The molecule has 0 aliphatic heterocycles. The quantitative estimate of drug-likeness (QED) is 0.290. The van der Waals surface area contributed by atoms with Crippen molar-refractivity contribution in [1.82, 2.24) is 5.43 Å².